The Hall–Kier alpha value is -2.58. The molecule has 0 saturated carbocycles. The average Bonchev–Trinajstić information content (AvgIpc) is 3.15. The lowest BCUT2D eigenvalue weighted by atomic mass is 10.0. The standard InChI is InChI=1S/C19H22N6OS/c1-13(16-6-5-15-4-3-7-20-17(15)12-16)24-8-10-25(11-9-24)19-23-22-18(27-19)21-14(2)26/h3-7,12-13H,8-11H2,1-2H3,(H,21,22,26). The van der Waals surface area contributed by atoms with Gasteiger partial charge in [-0.05, 0) is 24.6 Å². The fourth-order valence-electron chi connectivity index (χ4n) is 3.40. The van der Waals surface area contributed by atoms with E-state index in [1.54, 1.807) is 0 Å². The van der Waals surface area contributed by atoms with E-state index in [4.69, 9.17) is 0 Å². The molecule has 1 unspecified atom stereocenters. The van der Waals surface area contributed by atoms with Crippen molar-refractivity contribution in [2.75, 3.05) is 36.4 Å². The van der Waals surface area contributed by atoms with E-state index in [0.717, 1.165) is 36.8 Å². The third-order valence-electron chi connectivity index (χ3n) is 4.94. The summed E-state index contributed by atoms with van der Waals surface area (Å²) in [5, 5.41) is 13.5. The predicted molar refractivity (Wildman–Crippen MR) is 108 cm³/mol. The monoisotopic (exact) mass is 382 g/mol. The Kier molecular flexibility index (Phi) is 5.00. The van der Waals surface area contributed by atoms with Gasteiger partial charge in [-0.25, -0.2) is 0 Å². The fourth-order valence-corrected chi connectivity index (χ4v) is 4.24. The highest BCUT2D eigenvalue weighted by molar-refractivity contribution is 7.19. The van der Waals surface area contributed by atoms with Crippen LogP contribution in [0.3, 0.4) is 0 Å². The highest BCUT2D eigenvalue weighted by atomic mass is 32.1. The number of nitrogens with one attached hydrogen (secondary N) is 1. The lowest BCUT2D eigenvalue weighted by Gasteiger charge is -2.38. The maximum Gasteiger partial charge on any atom is 0.223 e. The van der Waals surface area contributed by atoms with Gasteiger partial charge in [-0.15, -0.1) is 10.2 Å². The molecule has 0 spiro atoms. The predicted octanol–water partition coefficient (Wildman–Crippen LogP) is 2.93. The van der Waals surface area contributed by atoms with Gasteiger partial charge in [0.05, 0.1) is 5.52 Å². The molecule has 1 aliphatic rings. The highest BCUT2D eigenvalue weighted by Crippen LogP contribution is 2.28. The summed E-state index contributed by atoms with van der Waals surface area (Å²) < 4.78 is 0. The molecule has 3 heterocycles. The van der Waals surface area contributed by atoms with Crippen LogP contribution in [0.4, 0.5) is 10.3 Å². The Morgan fingerprint density at radius 1 is 1.19 bits per heavy atom. The molecular weight excluding hydrogens is 360 g/mol. The Morgan fingerprint density at radius 3 is 2.78 bits per heavy atom. The number of amides is 1. The molecule has 4 rings (SSSR count). The molecule has 0 bridgehead atoms. The summed E-state index contributed by atoms with van der Waals surface area (Å²) >= 11 is 1.42. The van der Waals surface area contributed by atoms with Gasteiger partial charge in [0.1, 0.15) is 0 Å². The van der Waals surface area contributed by atoms with Crippen LogP contribution in [0.2, 0.25) is 0 Å². The molecule has 0 radical (unpaired) electrons. The number of pyridine rings is 1. The number of nitrogens with zero attached hydrogens (tertiary/aromatic N) is 5. The van der Waals surface area contributed by atoms with E-state index in [0.29, 0.717) is 11.2 Å². The van der Waals surface area contributed by atoms with E-state index in [1.165, 1.54) is 29.2 Å². The summed E-state index contributed by atoms with van der Waals surface area (Å²) in [5.74, 6) is -0.124. The highest BCUT2D eigenvalue weighted by Gasteiger charge is 2.24. The summed E-state index contributed by atoms with van der Waals surface area (Å²) in [7, 11) is 0. The van der Waals surface area contributed by atoms with Crippen LogP contribution in [0.15, 0.2) is 36.5 Å². The van der Waals surface area contributed by atoms with E-state index in [2.05, 4.69) is 61.5 Å². The molecule has 8 heteroatoms. The molecule has 1 atom stereocenters. The van der Waals surface area contributed by atoms with Gasteiger partial charge in [0.15, 0.2) is 0 Å². The maximum absolute atomic E-state index is 11.1. The Labute approximate surface area is 162 Å². The summed E-state index contributed by atoms with van der Waals surface area (Å²) in [5.41, 5.74) is 2.33. The third-order valence-corrected chi connectivity index (χ3v) is 5.84. The van der Waals surface area contributed by atoms with Crippen LogP contribution < -0.4 is 10.2 Å². The number of carbonyl (C=O) groups excluding carboxylic acids is 1. The van der Waals surface area contributed by atoms with Crippen molar-refractivity contribution in [3.05, 3.63) is 42.1 Å². The summed E-state index contributed by atoms with van der Waals surface area (Å²) in [4.78, 5) is 20.3. The number of carbonyl (C=O) groups is 1. The minimum Gasteiger partial charge on any atom is -0.344 e. The molecule has 3 aromatic rings. The number of hydrogen-bond donors (Lipinski definition) is 1. The molecule has 27 heavy (non-hydrogen) atoms. The van der Waals surface area contributed by atoms with Gasteiger partial charge in [-0.1, -0.05) is 29.5 Å². The zero-order valence-electron chi connectivity index (χ0n) is 15.4. The first-order valence-electron chi connectivity index (χ1n) is 9.05. The number of aromatic nitrogens is 3. The molecule has 1 aliphatic heterocycles. The average molecular weight is 382 g/mol. The van der Waals surface area contributed by atoms with Gasteiger partial charge >= 0.3 is 0 Å². The minimum absolute atomic E-state index is 0.124. The van der Waals surface area contributed by atoms with Crippen molar-refractivity contribution < 1.29 is 4.79 Å². The number of piperazine rings is 1. The molecule has 1 amide bonds. The van der Waals surface area contributed by atoms with Crippen LogP contribution >= 0.6 is 11.3 Å². The zero-order valence-corrected chi connectivity index (χ0v) is 16.2. The second kappa shape index (κ2) is 7.58. The van der Waals surface area contributed by atoms with E-state index < -0.39 is 0 Å². The van der Waals surface area contributed by atoms with Crippen molar-refractivity contribution >= 4 is 38.4 Å². The SMILES string of the molecule is CC(=O)Nc1nnc(N2CCN(C(C)c3ccc4cccnc4c3)CC2)s1. The Balaban J connectivity index is 1.40. The molecule has 140 valence electrons. The van der Waals surface area contributed by atoms with Crippen LogP contribution in [-0.4, -0.2) is 52.2 Å². The third kappa shape index (κ3) is 3.91. The molecule has 1 N–H and O–H groups in total. The molecule has 2 aromatic heterocycles. The van der Waals surface area contributed by atoms with Gasteiger partial charge in [0, 0.05) is 50.7 Å². The Morgan fingerprint density at radius 2 is 2.00 bits per heavy atom. The number of rotatable bonds is 4. The smallest absolute Gasteiger partial charge is 0.223 e. The first kappa shape index (κ1) is 17.8. The molecule has 1 fully saturated rings. The van der Waals surface area contributed by atoms with Crippen molar-refractivity contribution in [1.82, 2.24) is 20.1 Å². The molecule has 1 saturated heterocycles. The lowest BCUT2D eigenvalue weighted by Crippen LogP contribution is -2.47. The summed E-state index contributed by atoms with van der Waals surface area (Å²) in [6, 6.07) is 10.9. The summed E-state index contributed by atoms with van der Waals surface area (Å²) in [6.45, 7) is 7.42. The number of hydrogen-bond acceptors (Lipinski definition) is 7. The second-order valence-corrected chi connectivity index (χ2v) is 7.68. The zero-order chi connectivity index (χ0) is 18.8. The molecule has 7 nitrogen and oxygen atoms in total. The molecule has 0 aliphatic carbocycles. The van der Waals surface area contributed by atoms with E-state index >= 15 is 0 Å². The van der Waals surface area contributed by atoms with Crippen molar-refractivity contribution in [2.24, 2.45) is 0 Å². The van der Waals surface area contributed by atoms with Gasteiger partial charge in [0.25, 0.3) is 0 Å². The van der Waals surface area contributed by atoms with Crippen LogP contribution in [0.1, 0.15) is 25.5 Å². The normalized spacial score (nSPS) is 16.4. The molecular formula is C19H22N6OS. The second-order valence-electron chi connectivity index (χ2n) is 6.73. The van der Waals surface area contributed by atoms with Crippen LogP contribution in [0.25, 0.3) is 10.9 Å². The van der Waals surface area contributed by atoms with Gasteiger partial charge in [0.2, 0.25) is 16.2 Å². The van der Waals surface area contributed by atoms with Crippen molar-refractivity contribution in [3.63, 3.8) is 0 Å². The van der Waals surface area contributed by atoms with Crippen molar-refractivity contribution in [1.29, 1.82) is 0 Å². The van der Waals surface area contributed by atoms with Crippen molar-refractivity contribution in [3.8, 4) is 0 Å². The van der Waals surface area contributed by atoms with Crippen LogP contribution in [-0.2, 0) is 4.79 Å². The van der Waals surface area contributed by atoms with E-state index in [-0.39, 0.29) is 5.91 Å². The number of anilines is 2. The maximum atomic E-state index is 11.1. The van der Waals surface area contributed by atoms with Crippen LogP contribution in [0.5, 0.6) is 0 Å². The largest absolute Gasteiger partial charge is 0.344 e. The Bertz CT molecular complexity index is 950. The van der Waals surface area contributed by atoms with Crippen molar-refractivity contribution in [2.45, 2.75) is 19.9 Å². The topological polar surface area (TPSA) is 74.2 Å². The first-order chi connectivity index (χ1) is 13.1. The first-order valence-corrected chi connectivity index (χ1v) is 9.86. The number of benzene rings is 1. The minimum atomic E-state index is -0.124. The van der Waals surface area contributed by atoms with Gasteiger partial charge in [-0.3, -0.25) is 14.7 Å². The molecule has 1 aromatic carbocycles. The lowest BCUT2D eigenvalue weighted by molar-refractivity contribution is -0.114. The fraction of sp³-hybridized carbons (Fsp3) is 0.368. The summed E-state index contributed by atoms with van der Waals surface area (Å²) in [6.07, 6.45) is 1.84. The number of fused-ring (bicyclic) bond motifs is 1. The van der Waals surface area contributed by atoms with E-state index in [9.17, 15) is 4.79 Å². The quantitative estimate of drug-likeness (QED) is 0.748. The van der Waals surface area contributed by atoms with Gasteiger partial charge in [-0.2, -0.15) is 0 Å². The van der Waals surface area contributed by atoms with Gasteiger partial charge < -0.3 is 10.2 Å². The van der Waals surface area contributed by atoms with Crippen LogP contribution in [0, 0.1) is 0 Å². The van der Waals surface area contributed by atoms with E-state index in [1.807, 2.05) is 12.3 Å².